The molecule has 4 heterocycles. The summed E-state index contributed by atoms with van der Waals surface area (Å²) in [5.74, 6) is -0.129. The summed E-state index contributed by atoms with van der Waals surface area (Å²) < 4.78 is 21.2. The molecule has 4 rings (SSSR count). The van der Waals surface area contributed by atoms with Crippen LogP contribution in [0.2, 0.25) is 0 Å². The van der Waals surface area contributed by atoms with Gasteiger partial charge in [-0.15, -0.1) is 0 Å². The van der Waals surface area contributed by atoms with E-state index in [-0.39, 0.29) is 29.0 Å². The summed E-state index contributed by atoms with van der Waals surface area (Å²) in [6.45, 7) is 16.1. The van der Waals surface area contributed by atoms with E-state index in [0.29, 0.717) is 37.2 Å². The lowest BCUT2D eigenvalue weighted by Crippen LogP contribution is -2.27. The topological polar surface area (TPSA) is 102 Å². The van der Waals surface area contributed by atoms with Crippen LogP contribution in [-0.2, 0) is 37.1 Å². The second-order valence-electron chi connectivity index (χ2n) is 10.7. The second kappa shape index (κ2) is 13.4. The van der Waals surface area contributed by atoms with Gasteiger partial charge in [-0.3, -0.25) is 9.59 Å². The summed E-state index contributed by atoms with van der Waals surface area (Å²) in [5.41, 5.74) is 0.386. The Morgan fingerprint density at radius 1 is 1.17 bits per heavy atom. The van der Waals surface area contributed by atoms with Crippen molar-refractivity contribution in [1.29, 1.82) is 0 Å². The molecule has 2 aliphatic heterocycles. The van der Waals surface area contributed by atoms with E-state index >= 15 is 0 Å². The number of hydrogen-bond donors (Lipinski definition) is 0. The van der Waals surface area contributed by atoms with Gasteiger partial charge in [0.25, 0.3) is 5.56 Å². The van der Waals surface area contributed by atoms with Crippen LogP contribution in [-0.4, -0.2) is 52.1 Å². The Labute approximate surface area is 217 Å². The molecule has 0 unspecified atom stereocenters. The maximum absolute atomic E-state index is 13.0. The van der Waals surface area contributed by atoms with Gasteiger partial charge in [-0.05, 0) is 63.8 Å². The van der Waals surface area contributed by atoms with Gasteiger partial charge >= 0.3 is 5.97 Å². The third kappa shape index (κ3) is 8.18. The molecule has 2 aromatic rings. The molecule has 2 aliphatic rings. The molecule has 0 N–H and O–H groups in total. The molecule has 0 saturated carbocycles. The highest BCUT2D eigenvalue weighted by atomic mass is 32.2. The van der Waals surface area contributed by atoms with E-state index < -0.39 is 5.41 Å². The van der Waals surface area contributed by atoms with Crippen molar-refractivity contribution in [1.82, 2.24) is 14.1 Å². The number of carbonyl (C=O) groups excluding carboxylic acids is 2. The maximum atomic E-state index is 13.0. The molecule has 0 amide bonds. The van der Waals surface area contributed by atoms with E-state index in [4.69, 9.17) is 19.0 Å². The molecule has 36 heavy (non-hydrogen) atoms. The number of esters is 1. The molecule has 9 nitrogen and oxygen atoms in total. The molecule has 0 atom stereocenters. The number of fused-ring (bicyclic) bond motifs is 13. The zero-order valence-corrected chi connectivity index (χ0v) is 23.3. The lowest BCUT2D eigenvalue weighted by Gasteiger charge is -2.26. The quantitative estimate of drug-likeness (QED) is 0.422. The predicted molar refractivity (Wildman–Crippen MR) is 141 cm³/mol. The summed E-state index contributed by atoms with van der Waals surface area (Å²) in [6.07, 6.45) is 5.69. The molecule has 0 spiro atoms. The molecule has 0 radical (unpaired) electrons. The van der Waals surface area contributed by atoms with Crippen molar-refractivity contribution < 1.29 is 23.8 Å². The van der Waals surface area contributed by atoms with Gasteiger partial charge in [0.05, 0.1) is 30.2 Å². The Balaban J connectivity index is 0.00000222. The largest absolute Gasteiger partial charge is 0.454 e. The van der Waals surface area contributed by atoms with Gasteiger partial charge in [0.1, 0.15) is 25.0 Å². The first-order chi connectivity index (χ1) is 17.0. The smallest absolute Gasteiger partial charge is 0.312 e. The van der Waals surface area contributed by atoms with Crippen molar-refractivity contribution in [2.75, 3.05) is 19.2 Å². The third-order valence-electron chi connectivity index (χ3n) is 6.19. The van der Waals surface area contributed by atoms with Crippen molar-refractivity contribution in [3.8, 4) is 0 Å². The van der Waals surface area contributed by atoms with Gasteiger partial charge in [0, 0.05) is 12.7 Å². The highest BCUT2D eigenvalue weighted by molar-refractivity contribution is 7.99. The Morgan fingerprint density at radius 2 is 1.86 bits per heavy atom. The average Bonchev–Trinajstić information content (AvgIpc) is 3.23. The van der Waals surface area contributed by atoms with Crippen LogP contribution in [0.3, 0.4) is 0 Å². The first-order valence-corrected chi connectivity index (χ1v) is 13.4. The molecular weight excluding hydrogens is 482 g/mol. The summed E-state index contributed by atoms with van der Waals surface area (Å²) in [6, 6.07) is 1.91. The van der Waals surface area contributed by atoms with Crippen LogP contribution in [0.5, 0.6) is 0 Å². The minimum atomic E-state index is -0.563. The molecule has 0 saturated heterocycles. The predicted octanol–water partition coefficient (Wildman–Crippen LogP) is 4.63. The Bertz CT molecular complexity index is 1060. The first kappa shape index (κ1) is 30.1. The van der Waals surface area contributed by atoms with Gasteiger partial charge in [0.15, 0.2) is 5.16 Å². The number of hydrogen-bond acceptors (Lipinski definition) is 8. The molecule has 0 aliphatic carbocycles. The molecule has 2 aromatic heterocycles. The monoisotopic (exact) mass is 523 g/mol. The van der Waals surface area contributed by atoms with Crippen molar-refractivity contribution in [2.45, 2.75) is 91.8 Å². The van der Waals surface area contributed by atoms with Crippen molar-refractivity contribution in [2.24, 2.45) is 10.8 Å². The van der Waals surface area contributed by atoms with E-state index in [1.807, 2.05) is 55.9 Å². The minimum Gasteiger partial charge on any atom is -0.454 e. The van der Waals surface area contributed by atoms with E-state index in [9.17, 15) is 9.59 Å². The van der Waals surface area contributed by atoms with Crippen LogP contribution in [0.15, 0.2) is 22.2 Å². The Hall–Kier alpha value is -2.17. The Morgan fingerprint density at radius 3 is 2.56 bits per heavy atom. The molecule has 202 valence electrons. The van der Waals surface area contributed by atoms with E-state index in [1.165, 1.54) is 11.8 Å². The average molecular weight is 524 g/mol. The number of rotatable bonds is 4. The maximum Gasteiger partial charge on any atom is 0.312 e. The van der Waals surface area contributed by atoms with E-state index in [2.05, 4.69) is 18.8 Å². The SMILES string of the molecule is C=O.CC(C)OCCn1c2nc(=O)c3c1ccn3COCC(C)(C)CCCCC(C)(C)C(=O)OCS2. The normalized spacial score (nSPS) is 18.9. The fourth-order valence-electron chi connectivity index (χ4n) is 4.12. The fraction of sp³-hybridized carbons (Fsp3) is 0.692. The second-order valence-corrected chi connectivity index (χ2v) is 11.6. The molecule has 0 aromatic carbocycles. The van der Waals surface area contributed by atoms with Crippen molar-refractivity contribution in [3.05, 3.63) is 22.6 Å². The fourth-order valence-corrected chi connectivity index (χ4v) is 4.89. The summed E-state index contributed by atoms with van der Waals surface area (Å²) in [7, 11) is 0. The van der Waals surface area contributed by atoms with Gasteiger partial charge in [-0.2, -0.15) is 4.98 Å². The molecule has 4 bridgehead atoms. The van der Waals surface area contributed by atoms with Crippen LogP contribution in [0.4, 0.5) is 0 Å². The lowest BCUT2D eigenvalue weighted by molar-refractivity contribution is -0.152. The van der Waals surface area contributed by atoms with E-state index in [1.54, 1.807) is 0 Å². The summed E-state index contributed by atoms with van der Waals surface area (Å²) in [5, 5.41) is 0.511. The van der Waals surface area contributed by atoms with Crippen LogP contribution in [0.25, 0.3) is 11.0 Å². The third-order valence-corrected chi connectivity index (χ3v) is 6.99. The lowest BCUT2D eigenvalue weighted by atomic mass is 9.83. The Kier molecular flexibility index (Phi) is 11.2. The standard InChI is InChI=1S/C25H39N3O5S.CH2O/c1-18(2)32-14-13-28-19-9-12-27-16-31-15-24(3,4)10-7-8-11-25(5,6)22(30)33-17-34-23(28)26-21(29)20(19)27;1-2/h9,12,18H,7-8,10-11,13-17H2,1-6H3;1H2. The summed E-state index contributed by atoms with van der Waals surface area (Å²) >= 11 is 1.25. The van der Waals surface area contributed by atoms with Crippen LogP contribution < -0.4 is 5.56 Å². The van der Waals surface area contributed by atoms with Gasteiger partial charge in [0.2, 0.25) is 0 Å². The molecule has 0 fully saturated rings. The number of carbonyl (C=O) groups is 2. The van der Waals surface area contributed by atoms with Crippen molar-refractivity contribution >= 4 is 35.6 Å². The zero-order chi connectivity index (χ0) is 26.9. The molecular formula is C26H41N3O6S. The molecule has 10 heteroatoms. The van der Waals surface area contributed by atoms with E-state index in [0.717, 1.165) is 31.2 Å². The minimum absolute atomic E-state index is 0.00447. The highest BCUT2D eigenvalue weighted by Gasteiger charge is 2.29. The van der Waals surface area contributed by atoms with Gasteiger partial charge < -0.3 is 28.1 Å². The van der Waals surface area contributed by atoms with Crippen LogP contribution in [0, 0.1) is 10.8 Å². The first-order valence-electron chi connectivity index (χ1n) is 12.4. The highest BCUT2D eigenvalue weighted by Crippen LogP contribution is 2.30. The number of ether oxygens (including phenoxy) is 3. The number of thioether (sulfide) groups is 1. The number of nitrogens with zero attached hydrogens (tertiary/aromatic N) is 3. The van der Waals surface area contributed by atoms with Gasteiger partial charge in [-0.25, -0.2) is 0 Å². The number of aromatic nitrogens is 3. The zero-order valence-electron chi connectivity index (χ0n) is 22.5. The van der Waals surface area contributed by atoms with Crippen LogP contribution in [0.1, 0.15) is 67.2 Å². The van der Waals surface area contributed by atoms with Gasteiger partial charge in [-0.1, -0.05) is 26.7 Å². The summed E-state index contributed by atoms with van der Waals surface area (Å²) in [4.78, 5) is 38.1. The van der Waals surface area contributed by atoms with Crippen molar-refractivity contribution in [3.63, 3.8) is 0 Å². The van der Waals surface area contributed by atoms with Crippen LogP contribution >= 0.6 is 11.8 Å².